The molecule has 0 aromatic heterocycles. The molecule has 0 aliphatic heterocycles. The zero-order chi connectivity index (χ0) is 7.21. The van der Waals surface area contributed by atoms with E-state index in [1.165, 1.54) is 0 Å². The van der Waals surface area contributed by atoms with Gasteiger partial charge in [-0.15, -0.1) is 0 Å². The van der Waals surface area contributed by atoms with E-state index < -0.39 is 0 Å². The highest BCUT2D eigenvalue weighted by molar-refractivity contribution is 6.31. The van der Waals surface area contributed by atoms with Crippen LogP contribution < -0.4 is 0 Å². The molecule has 0 atom stereocenters. The molecule has 1 radical (unpaired) electrons. The topological polar surface area (TPSA) is 0 Å². The van der Waals surface area contributed by atoms with Gasteiger partial charge in [-0.25, -0.2) is 0 Å². The standard InChI is InChI=1S/C5H12.C2H6B.2CH4/c1-5(2,3)4;1-3-2;;/h1-4H3;1-2H3;2*1H4. The first-order valence-electron chi connectivity index (χ1n) is 3.15. The van der Waals surface area contributed by atoms with Crippen molar-refractivity contribution < 1.29 is 0 Å². The Morgan fingerprint density at radius 1 is 0.800 bits per heavy atom. The van der Waals surface area contributed by atoms with Crippen molar-refractivity contribution in [2.45, 2.75) is 56.2 Å². The molecule has 0 aromatic carbocycles. The van der Waals surface area contributed by atoms with Gasteiger partial charge in [-0.2, -0.15) is 0 Å². The summed E-state index contributed by atoms with van der Waals surface area (Å²) in [5.41, 5.74) is 0.500. The van der Waals surface area contributed by atoms with Crippen LogP contribution in [0.5, 0.6) is 0 Å². The molecule has 0 aromatic rings. The predicted octanol–water partition coefficient (Wildman–Crippen LogP) is 4.11. The molecule has 0 amide bonds. The van der Waals surface area contributed by atoms with Gasteiger partial charge in [0, 0.05) is 0 Å². The molecule has 10 heavy (non-hydrogen) atoms. The second-order valence-electron chi connectivity index (χ2n) is 3.58. The van der Waals surface area contributed by atoms with Crippen LogP contribution in [0.4, 0.5) is 0 Å². The summed E-state index contributed by atoms with van der Waals surface area (Å²) in [4.78, 5) is 0. The average Bonchev–Trinajstić information content (AvgIpc) is 1.27. The van der Waals surface area contributed by atoms with E-state index in [4.69, 9.17) is 0 Å². The van der Waals surface area contributed by atoms with Crippen LogP contribution in [0.25, 0.3) is 0 Å². The number of hydrogen-bond acceptors (Lipinski definition) is 0. The molecule has 0 rings (SSSR count). The lowest BCUT2D eigenvalue weighted by molar-refractivity contribution is 0.469. The molecule has 0 bridgehead atoms. The molecular formula is C9H26B. The molecule has 0 unspecified atom stereocenters. The molecule has 0 fully saturated rings. The van der Waals surface area contributed by atoms with Gasteiger partial charge in [-0.1, -0.05) is 56.2 Å². The summed E-state index contributed by atoms with van der Waals surface area (Å²) < 4.78 is 0. The average molecular weight is 145 g/mol. The maximum Gasteiger partial charge on any atom is 0.102 e. The zero-order valence-corrected chi connectivity index (χ0v) is 7.08. The normalized spacial score (nSPS) is 7.40. The Kier molecular flexibility index (Phi) is 26.6. The van der Waals surface area contributed by atoms with Crippen LogP contribution in [0.15, 0.2) is 0 Å². The highest BCUT2D eigenvalue weighted by Crippen LogP contribution is 2.07. The first kappa shape index (κ1) is 22.5. The SMILES string of the molecule is C.C.CC(C)(C)C.C[B]C. The lowest BCUT2D eigenvalue weighted by Gasteiger charge is -2.05. The highest BCUT2D eigenvalue weighted by atomic mass is 14.0. The summed E-state index contributed by atoms with van der Waals surface area (Å²) in [6.07, 6.45) is 0. The molecule has 0 saturated heterocycles. The fraction of sp³-hybridized carbons (Fsp3) is 1.00. The van der Waals surface area contributed by atoms with Crippen LogP contribution in [-0.4, -0.2) is 7.28 Å². The second-order valence-corrected chi connectivity index (χ2v) is 3.58. The lowest BCUT2D eigenvalue weighted by Crippen LogP contribution is -1.93. The fourth-order valence-corrected chi connectivity index (χ4v) is 0. The van der Waals surface area contributed by atoms with Gasteiger partial charge in [0.1, 0.15) is 7.28 Å². The molecule has 0 saturated carbocycles. The van der Waals surface area contributed by atoms with Crippen molar-refractivity contribution in [1.29, 1.82) is 0 Å². The highest BCUT2D eigenvalue weighted by Gasteiger charge is 1.95. The van der Waals surface area contributed by atoms with E-state index in [0.717, 1.165) is 0 Å². The van der Waals surface area contributed by atoms with Gasteiger partial charge in [-0.3, -0.25) is 0 Å². The van der Waals surface area contributed by atoms with Crippen molar-refractivity contribution in [2.75, 3.05) is 0 Å². The molecule has 1 heteroatoms. The van der Waals surface area contributed by atoms with Gasteiger partial charge in [0.05, 0.1) is 0 Å². The Morgan fingerprint density at radius 3 is 0.800 bits per heavy atom. The molecule has 65 valence electrons. The summed E-state index contributed by atoms with van der Waals surface area (Å²) in [7, 11) is 2.00. The fourth-order valence-electron chi connectivity index (χ4n) is 0. The Bertz CT molecular complexity index is 28.5. The number of rotatable bonds is 0. The third-order valence-electron chi connectivity index (χ3n) is 0. The van der Waals surface area contributed by atoms with Gasteiger partial charge < -0.3 is 0 Å². The van der Waals surface area contributed by atoms with Crippen LogP contribution >= 0.6 is 0 Å². The monoisotopic (exact) mass is 145 g/mol. The second kappa shape index (κ2) is 11.8. The zero-order valence-electron chi connectivity index (χ0n) is 7.08. The van der Waals surface area contributed by atoms with Crippen molar-refractivity contribution in [3.05, 3.63) is 0 Å². The molecule has 0 aliphatic carbocycles. The minimum absolute atomic E-state index is 0. The predicted molar refractivity (Wildman–Crippen MR) is 56.1 cm³/mol. The maximum absolute atomic E-state index is 2.19. The summed E-state index contributed by atoms with van der Waals surface area (Å²) in [6, 6.07) is 0. The van der Waals surface area contributed by atoms with E-state index in [1.54, 1.807) is 0 Å². The lowest BCUT2D eigenvalue weighted by atomic mass is 9.88. The molecule has 0 aliphatic rings. The van der Waals surface area contributed by atoms with Crippen molar-refractivity contribution in [1.82, 2.24) is 0 Å². The summed E-state index contributed by atoms with van der Waals surface area (Å²) >= 11 is 0. The van der Waals surface area contributed by atoms with Gasteiger partial charge in [0.25, 0.3) is 0 Å². The van der Waals surface area contributed by atoms with E-state index in [9.17, 15) is 0 Å². The molecule has 0 N–H and O–H groups in total. The van der Waals surface area contributed by atoms with Crippen LogP contribution in [0.2, 0.25) is 13.6 Å². The third kappa shape index (κ3) is 95500. The van der Waals surface area contributed by atoms with Crippen molar-refractivity contribution >= 4 is 7.28 Å². The Balaban J connectivity index is -0.0000000326. The Morgan fingerprint density at radius 2 is 0.800 bits per heavy atom. The smallest absolute Gasteiger partial charge is 0.0922 e. The largest absolute Gasteiger partial charge is 0.102 e. The first-order chi connectivity index (χ1) is 3.41. The van der Waals surface area contributed by atoms with Crippen LogP contribution in [0.3, 0.4) is 0 Å². The van der Waals surface area contributed by atoms with Gasteiger partial charge in [0.15, 0.2) is 0 Å². The van der Waals surface area contributed by atoms with Gasteiger partial charge in [0.2, 0.25) is 0 Å². The third-order valence-corrected chi connectivity index (χ3v) is 0. The van der Waals surface area contributed by atoms with Crippen molar-refractivity contribution in [3.63, 3.8) is 0 Å². The van der Waals surface area contributed by atoms with Crippen molar-refractivity contribution in [3.8, 4) is 0 Å². The van der Waals surface area contributed by atoms with E-state index in [2.05, 4.69) is 27.7 Å². The molecule has 0 spiro atoms. The van der Waals surface area contributed by atoms with E-state index >= 15 is 0 Å². The molecular weight excluding hydrogens is 119 g/mol. The first-order valence-corrected chi connectivity index (χ1v) is 3.15. The Hall–Kier alpha value is 0.0649. The van der Waals surface area contributed by atoms with Crippen molar-refractivity contribution in [2.24, 2.45) is 5.41 Å². The van der Waals surface area contributed by atoms with Crippen LogP contribution in [0, 0.1) is 5.41 Å². The summed E-state index contributed by atoms with van der Waals surface area (Å²) in [5, 5.41) is 0. The van der Waals surface area contributed by atoms with Gasteiger partial charge >= 0.3 is 0 Å². The maximum atomic E-state index is 2.19. The van der Waals surface area contributed by atoms with E-state index in [-0.39, 0.29) is 14.9 Å². The Labute approximate surface area is 69.7 Å². The van der Waals surface area contributed by atoms with Crippen LogP contribution in [0.1, 0.15) is 42.5 Å². The summed E-state index contributed by atoms with van der Waals surface area (Å²) in [6.45, 7) is 12.8. The van der Waals surface area contributed by atoms with Gasteiger partial charge in [-0.05, 0) is 5.41 Å². The summed E-state index contributed by atoms with van der Waals surface area (Å²) in [5.74, 6) is 0. The van der Waals surface area contributed by atoms with E-state index in [1.807, 2.05) is 20.9 Å². The number of hydrogen-bond donors (Lipinski definition) is 0. The minimum atomic E-state index is 0. The molecule has 0 heterocycles. The minimum Gasteiger partial charge on any atom is -0.0922 e. The van der Waals surface area contributed by atoms with E-state index in [0.29, 0.717) is 5.41 Å². The quantitative estimate of drug-likeness (QED) is 0.450. The van der Waals surface area contributed by atoms with Crippen LogP contribution in [-0.2, 0) is 0 Å². The molecule has 0 nitrogen and oxygen atoms in total.